The van der Waals surface area contributed by atoms with Gasteiger partial charge in [0, 0.05) is 14.9 Å². The maximum absolute atomic E-state index is 12.1. The summed E-state index contributed by atoms with van der Waals surface area (Å²) >= 11 is 4.98. The third-order valence-electron chi connectivity index (χ3n) is 3.15. The molecule has 0 atom stereocenters. The first-order valence-electron chi connectivity index (χ1n) is 6.28. The molecule has 0 spiro atoms. The molecule has 19 heavy (non-hydrogen) atoms. The second kappa shape index (κ2) is 5.43. The molecular weight excluding hydrogens is 324 g/mol. The zero-order chi connectivity index (χ0) is 13.2. The van der Waals surface area contributed by atoms with Gasteiger partial charge in [-0.3, -0.25) is 10.1 Å². The quantitative estimate of drug-likeness (QED) is 0.899. The summed E-state index contributed by atoms with van der Waals surface area (Å²) < 4.78 is 0.901. The second-order valence-corrected chi connectivity index (χ2v) is 6.56. The van der Waals surface area contributed by atoms with Gasteiger partial charge in [0.1, 0.15) is 0 Å². The molecule has 0 fully saturated rings. The maximum atomic E-state index is 12.1. The van der Waals surface area contributed by atoms with Gasteiger partial charge >= 0.3 is 0 Å². The van der Waals surface area contributed by atoms with E-state index in [1.54, 1.807) is 17.4 Å². The molecule has 1 aliphatic carbocycles. The van der Waals surface area contributed by atoms with Crippen molar-refractivity contribution >= 4 is 38.3 Å². The standard InChI is InChI=1S/C14H13BrN2OS/c15-10-5-3-4-9(8-10)13(18)17-14-16-11-6-1-2-7-12(11)19-14/h3-5,8H,1-2,6-7H2,(H,16,17,18). The lowest BCUT2D eigenvalue weighted by Gasteiger charge is -2.06. The Kier molecular flexibility index (Phi) is 3.66. The van der Waals surface area contributed by atoms with Gasteiger partial charge in [0.2, 0.25) is 0 Å². The van der Waals surface area contributed by atoms with Gasteiger partial charge in [-0.2, -0.15) is 0 Å². The molecule has 0 aliphatic heterocycles. The number of aromatic nitrogens is 1. The molecular formula is C14H13BrN2OS. The molecule has 0 bridgehead atoms. The van der Waals surface area contributed by atoms with Crippen molar-refractivity contribution in [1.82, 2.24) is 4.98 Å². The lowest BCUT2D eigenvalue weighted by Crippen LogP contribution is -2.11. The van der Waals surface area contributed by atoms with Crippen LogP contribution in [0.15, 0.2) is 28.7 Å². The van der Waals surface area contributed by atoms with Crippen LogP contribution in [0.3, 0.4) is 0 Å². The van der Waals surface area contributed by atoms with Crippen LogP contribution in [-0.2, 0) is 12.8 Å². The molecule has 98 valence electrons. The van der Waals surface area contributed by atoms with E-state index in [-0.39, 0.29) is 5.91 Å². The van der Waals surface area contributed by atoms with Crippen LogP contribution in [0.5, 0.6) is 0 Å². The average molecular weight is 337 g/mol. The zero-order valence-corrected chi connectivity index (χ0v) is 12.7. The van der Waals surface area contributed by atoms with Gasteiger partial charge in [0.25, 0.3) is 5.91 Å². The molecule has 1 N–H and O–H groups in total. The summed E-state index contributed by atoms with van der Waals surface area (Å²) in [5.41, 5.74) is 1.81. The van der Waals surface area contributed by atoms with E-state index < -0.39 is 0 Å². The van der Waals surface area contributed by atoms with E-state index in [1.807, 2.05) is 18.2 Å². The van der Waals surface area contributed by atoms with Crippen molar-refractivity contribution in [2.75, 3.05) is 5.32 Å². The van der Waals surface area contributed by atoms with Gasteiger partial charge in [0.15, 0.2) is 5.13 Å². The highest BCUT2D eigenvalue weighted by Crippen LogP contribution is 2.29. The summed E-state index contributed by atoms with van der Waals surface area (Å²) in [4.78, 5) is 18.0. The van der Waals surface area contributed by atoms with Gasteiger partial charge in [-0.15, -0.1) is 11.3 Å². The van der Waals surface area contributed by atoms with Crippen LogP contribution in [-0.4, -0.2) is 10.9 Å². The predicted octanol–water partition coefficient (Wildman–Crippen LogP) is 4.04. The molecule has 2 aromatic rings. The summed E-state index contributed by atoms with van der Waals surface area (Å²) in [5.74, 6) is -0.104. The number of nitrogens with zero attached hydrogens (tertiary/aromatic N) is 1. The zero-order valence-electron chi connectivity index (χ0n) is 10.3. The molecule has 1 aromatic carbocycles. The van der Waals surface area contributed by atoms with Gasteiger partial charge in [-0.25, -0.2) is 4.98 Å². The maximum Gasteiger partial charge on any atom is 0.257 e. The van der Waals surface area contributed by atoms with Gasteiger partial charge in [-0.1, -0.05) is 22.0 Å². The van der Waals surface area contributed by atoms with Crippen LogP contribution >= 0.6 is 27.3 Å². The highest BCUT2D eigenvalue weighted by Gasteiger charge is 2.16. The number of carbonyl (C=O) groups is 1. The number of anilines is 1. The normalized spacial score (nSPS) is 13.9. The molecule has 1 aliphatic rings. The fourth-order valence-corrected chi connectivity index (χ4v) is 3.65. The van der Waals surface area contributed by atoms with E-state index in [0.29, 0.717) is 5.56 Å². The third kappa shape index (κ3) is 2.87. The summed E-state index contributed by atoms with van der Waals surface area (Å²) in [6, 6.07) is 7.36. The monoisotopic (exact) mass is 336 g/mol. The molecule has 0 radical (unpaired) electrons. The van der Waals surface area contributed by atoms with Gasteiger partial charge in [0.05, 0.1) is 5.69 Å². The number of rotatable bonds is 2. The van der Waals surface area contributed by atoms with Crippen molar-refractivity contribution in [3.05, 3.63) is 44.9 Å². The van der Waals surface area contributed by atoms with Crippen LogP contribution < -0.4 is 5.32 Å². The Hall–Kier alpha value is -1.20. The van der Waals surface area contributed by atoms with Crippen LogP contribution in [0.2, 0.25) is 0 Å². The molecule has 3 rings (SSSR count). The van der Waals surface area contributed by atoms with Crippen molar-refractivity contribution in [1.29, 1.82) is 0 Å². The topological polar surface area (TPSA) is 42.0 Å². The Bertz CT molecular complexity index is 600. The van der Waals surface area contributed by atoms with E-state index in [4.69, 9.17) is 0 Å². The molecule has 0 unspecified atom stereocenters. The highest BCUT2D eigenvalue weighted by molar-refractivity contribution is 9.10. The van der Waals surface area contributed by atoms with Crippen LogP contribution in [0.25, 0.3) is 0 Å². The Morgan fingerprint density at radius 1 is 1.32 bits per heavy atom. The van der Waals surface area contributed by atoms with Crippen molar-refractivity contribution in [2.24, 2.45) is 0 Å². The average Bonchev–Trinajstić information content (AvgIpc) is 2.80. The first kappa shape index (κ1) is 12.8. The van der Waals surface area contributed by atoms with Crippen LogP contribution in [0.1, 0.15) is 33.8 Å². The Morgan fingerprint density at radius 2 is 2.16 bits per heavy atom. The number of carbonyl (C=O) groups excluding carboxylic acids is 1. The first-order chi connectivity index (χ1) is 9.22. The van der Waals surface area contributed by atoms with Gasteiger partial charge < -0.3 is 0 Å². The Labute approximate surface area is 124 Å². The summed E-state index contributed by atoms with van der Waals surface area (Å²) in [6.45, 7) is 0. The number of benzene rings is 1. The van der Waals surface area contributed by atoms with E-state index in [1.165, 1.54) is 23.4 Å². The molecule has 3 nitrogen and oxygen atoms in total. The number of hydrogen-bond donors (Lipinski definition) is 1. The molecule has 5 heteroatoms. The van der Waals surface area contributed by atoms with E-state index in [9.17, 15) is 4.79 Å². The van der Waals surface area contributed by atoms with Crippen molar-refractivity contribution in [3.63, 3.8) is 0 Å². The van der Waals surface area contributed by atoms with Crippen molar-refractivity contribution in [2.45, 2.75) is 25.7 Å². The molecule has 1 aromatic heterocycles. The van der Waals surface area contributed by atoms with Crippen molar-refractivity contribution < 1.29 is 4.79 Å². The summed E-state index contributed by atoms with van der Waals surface area (Å²) in [7, 11) is 0. The van der Waals surface area contributed by atoms with Gasteiger partial charge in [-0.05, 0) is 43.9 Å². The number of aryl methyl sites for hydroxylation is 2. The number of amides is 1. The smallest absolute Gasteiger partial charge is 0.257 e. The lowest BCUT2D eigenvalue weighted by atomic mass is 10.0. The molecule has 0 saturated heterocycles. The lowest BCUT2D eigenvalue weighted by molar-refractivity contribution is 0.102. The molecule has 0 saturated carbocycles. The minimum absolute atomic E-state index is 0.104. The number of nitrogens with one attached hydrogen (secondary N) is 1. The number of halogens is 1. The Balaban J connectivity index is 1.77. The molecule has 1 amide bonds. The van der Waals surface area contributed by atoms with E-state index in [0.717, 1.165) is 22.4 Å². The third-order valence-corrected chi connectivity index (χ3v) is 4.72. The van der Waals surface area contributed by atoms with Crippen LogP contribution in [0, 0.1) is 0 Å². The Morgan fingerprint density at radius 3 is 2.95 bits per heavy atom. The number of thiazole rings is 1. The minimum Gasteiger partial charge on any atom is -0.298 e. The van der Waals surface area contributed by atoms with Crippen molar-refractivity contribution in [3.8, 4) is 0 Å². The fraction of sp³-hybridized carbons (Fsp3) is 0.286. The van der Waals surface area contributed by atoms with Crippen LogP contribution in [0.4, 0.5) is 5.13 Å². The summed E-state index contributed by atoms with van der Waals surface area (Å²) in [6.07, 6.45) is 4.57. The summed E-state index contributed by atoms with van der Waals surface area (Å²) in [5, 5.41) is 3.61. The number of fused-ring (bicyclic) bond motifs is 1. The number of hydrogen-bond acceptors (Lipinski definition) is 3. The SMILES string of the molecule is O=C(Nc1nc2c(s1)CCCC2)c1cccc(Br)c1. The highest BCUT2D eigenvalue weighted by atomic mass is 79.9. The minimum atomic E-state index is -0.104. The largest absolute Gasteiger partial charge is 0.298 e. The second-order valence-electron chi connectivity index (χ2n) is 4.56. The van der Waals surface area contributed by atoms with E-state index >= 15 is 0 Å². The van der Waals surface area contributed by atoms with E-state index in [2.05, 4.69) is 26.2 Å². The predicted molar refractivity (Wildman–Crippen MR) is 80.9 cm³/mol. The fourth-order valence-electron chi connectivity index (χ4n) is 2.20. The molecule has 1 heterocycles. The first-order valence-corrected chi connectivity index (χ1v) is 7.89.